The van der Waals surface area contributed by atoms with Crippen LogP contribution in [0.3, 0.4) is 0 Å². The van der Waals surface area contributed by atoms with Crippen molar-refractivity contribution in [2.75, 3.05) is 6.54 Å². The minimum Gasteiger partial charge on any atom is -0.504 e. The first-order valence-electron chi connectivity index (χ1n) is 9.35. The summed E-state index contributed by atoms with van der Waals surface area (Å²) in [5, 5.41) is 19.4. The number of phenolic OH excluding ortho intramolecular Hbond substituents is 2. The molecule has 2 unspecified atom stereocenters. The maximum atomic E-state index is 12.9. The molecule has 1 aliphatic heterocycles. The molecule has 0 saturated carbocycles. The highest BCUT2D eigenvalue weighted by atomic mass is 32.2. The highest BCUT2D eigenvalue weighted by Crippen LogP contribution is 2.29. The molecule has 2 N–H and O–H groups in total. The maximum Gasteiger partial charge on any atom is 0.226 e. The summed E-state index contributed by atoms with van der Waals surface area (Å²) < 4.78 is 0. The Bertz CT molecular complexity index is 919. The number of aromatic hydroxyl groups is 2. The number of likely N-dealkylation sites (tertiary alicyclic amines) is 1. The zero-order valence-corrected chi connectivity index (χ0v) is 16.8. The van der Waals surface area contributed by atoms with E-state index in [1.165, 1.54) is 18.2 Å². The molecule has 1 aromatic heterocycles. The molecule has 29 heavy (non-hydrogen) atoms. The first-order chi connectivity index (χ1) is 13.9. The fraction of sp³-hybridized carbons (Fsp3) is 0.333. The maximum absolute atomic E-state index is 12.9. The van der Waals surface area contributed by atoms with E-state index in [1.807, 2.05) is 0 Å². The first kappa shape index (κ1) is 20.9. The summed E-state index contributed by atoms with van der Waals surface area (Å²) in [6.07, 6.45) is 2.89. The molecule has 1 amide bonds. The Kier molecular flexibility index (Phi) is 6.53. The fourth-order valence-electron chi connectivity index (χ4n) is 3.32. The van der Waals surface area contributed by atoms with Gasteiger partial charge in [-0.3, -0.25) is 14.4 Å². The number of nitrogens with zero attached hydrogens (tertiary/aromatic N) is 2. The van der Waals surface area contributed by atoms with E-state index in [2.05, 4.69) is 4.98 Å². The van der Waals surface area contributed by atoms with Crippen molar-refractivity contribution in [1.29, 1.82) is 0 Å². The molecule has 8 heteroatoms. The third-order valence-corrected chi connectivity index (χ3v) is 5.79. The number of benzene rings is 1. The van der Waals surface area contributed by atoms with E-state index in [0.717, 1.165) is 18.2 Å². The number of carbonyl (C=O) groups is 3. The second-order valence-corrected chi connectivity index (χ2v) is 8.04. The molecule has 1 aromatic carbocycles. The van der Waals surface area contributed by atoms with E-state index < -0.39 is 12.0 Å². The second kappa shape index (κ2) is 9.09. The largest absolute Gasteiger partial charge is 0.504 e. The van der Waals surface area contributed by atoms with Crippen molar-refractivity contribution in [3.8, 4) is 11.5 Å². The van der Waals surface area contributed by atoms with Crippen molar-refractivity contribution in [3.05, 3.63) is 48.2 Å². The Morgan fingerprint density at radius 2 is 2.00 bits per heavy atom. The summed E-state index contributed by atoms with van der Waals surface area (Å²) >= 11 is 1.03. The zero-order valence-electron chi connectivity index (χ0n) is 15.9. The monoisotopic (exact) mass is 414 g/mol. The van der Waals surface area contributed by atoms with Gasteiger partial charge in [0.15, 0.2) is 17.3 Å². The molecule has 1 aliphatic rings. The van der Waals surface area contributed by atoms with Gasteiger partial charge in [0.25, 0.3) is 0 Å². The summed E-state index contributed by atoms with van der Waals surface area (Å²) in [6, 6.07) is 8.61. The van der Waals surface area contributed by atoms with Crippen molar-refractivity contribution in [1.82, 2.24) is 9.88 Å². The smallest absolute Gasteiger partial charge is 0.226 e. The average molecular weight is 414 g/mol. The molecule has 0 radical (unpaired) electrons. The van der Waals surface area contributed by atoms with E-state index in [-0.39, 0.29) is 40.3 Å². The lowest BCUT2D eigenvalue weighted by molar-refractivity contribution is -0.138. The average Bonchev–Trinajstić information content (AvgIpc) is 3.20. The molecule has 7 nitrogen and oxygen atoms in total. The van der Waals surface area contributed by atoms with Crippen LogP contribution in [0.2, 0.25) is 0 Å². The minimum atomic E-state index is -0.605. The zero-order chi connectivity index (χ0) is 21.0. The first-order valence-corrected chi connectivity index (χ1v) is 10.2. The topological polar surface area (TPSA) is 108 Å². The van der Waals surface area contributed by atoms with Crippen LogP contribution in [0.4, 0.5) is 0 Å². The lowest BCUT2D eigenvalue weighted by Gasteiger charge is -2.26. The Hall–Kier alpha value is -2.87. The predicted molar refractivity (Wildman–Crippen MR) is 108 cm³/mol. The van der Waals surface area contributed by atoms with Gasteiger partial charge in [-0.25, -0.2) is 4.98 Å². The van der Waals surface area contributed by atoms with E-state index in [4.69, 9.17) is 0 Å². The van der Waals surface area contributed by atoms with E-state index >= 15 is 0 Å². The van der Waals surface area contributed by atoms with Crippen molar-refractivity contribution < 1.29 is 24.6 Å². The highest BCUT2D eigenvalue weighted by Gasteiger charge is 2.36. The van der Waals surface area contributed by atoms with Gasteiger partial charge in [0.2, 0.25) is 11.0 Å². The summed E-state index contributed by atoms with van der Waals surface area (Å²) in [4.78, 5) is 43.7. The van der Waals surface area contributed by atoms with Gasteiger partial charge in [0.05, 0.1) is 0 Å². The molecule has 3 rings (SSSR count). The third kappa shape index (κ3) is 4.95. The lowest BCUT2D eigenvalue weighted by Crippen LogP contribution is -2.42. The van der Waals surface area contributed by atoms with Crippen molar-refractivity contribution in [2.45, 2.75) is 37.3 Å². The van der Waals surface area contributed by atoms with Crippen molar-refractivity contribution in [3.63, 3.8) is 0 Å². The van der Waals surface area contributed by atoms with Crippen LogP contribution < -0.4 is 0 Å². The standard InChI is InChI=1S/C21H22N2O5S/c1-13(11-17(25)14-7-8-16(24)18(26)12-14)20(27)23-10-4-5-15(23)21(28)29-19-6-2-3-9-22-19/h2-3,6-9,12-13,15,24,26H,4-5,10-11H2,1H3. The second-order valence-electron chi connectivity index (χ2n) is 7.01. The number of amides is 1. The quantitative estimate of drug-likeness (QED) is 0.425. The lowest BCUT2D eigenvalue weighted by atomic mass is 9.98. The number of aromatic nitrogens is 1. The van der Waals surface area contributed by atoms with Crippen LogP contribution in [0.25, 0.3) is 0 Å². The van der Waals surface area contributed by atoms with Gasteiger partial charge >= 0.3 is 0 Å². The molecule has 0 aliphatic carbocycles. The molecular formula is C21H22N2O5S. The highest BCUT2D eigenvalue weighted by molar-refractivity contribution is 8.13. The normalized spacial score (nSPS) is 17.1. The number of hydrogen-bond donors (Lipinski definition) is 2. The van der Waals surface area contributed by atoms with Crippen molar-refractivity contribution >= 4 is 28.6 Å². The van der Waals surface area contributed by atoms with Gasteiger partial charge in [-0.2, -0.15) is 0 Å². The summed E-state index contributed by atoms with van der Waals surface area (Å²) in [6.45, 7) is 2.14. The number of phenols is 2. The third-order valence-electron chi connectivity index (χ3n) is 4.86. The Morgan fingerprint density at radius 1 is 1.21 bits per heavy atom. The molecule has 2 aromatic rings. The van der Waals surface area contributed by atoms with E-state index in [0.29, 0.717) is 18.0 Å². The fourth-order valence-corrected chi connectivity index (χ4v) is 4.16. The Labute approximate surface area is 172 Å². The molecule has 2 heterocycles. The molecule has 1 fully saturated rings. The van der Waals surface area contributed by atoms with Crippen LogP contribution in [-0.4, -0.2) is 49.5 Å². The number of carbonyl (C=O) groups excluding carboxylic acids is 3. The molecule has 1 saturated heterocycles. The van der Waals surface area contributed by atoms with Crippen LogP contribution in [0.5, 0.6) is 11.5 Å². The van der Waals surface area contributed by atoms with Crippen LogP contribution in [0.1, 0.15) is 36.5 Å². The summed E-state index contributed by atoms with van der Waals surface area (Å²) in [5.41, 5.74) is 0.222. The molecular weight excluding hydrogens is 392 g/mol. The number of rotatable bonds is 6. The number of pyridine rings is 1. The molecule has 0 bridgehead atoms. The Morgan fingerprint density at radius 3 is 2.69 bits per heavy atom. The molecule has 152 valence electrons. The number of hydrogen-bond acceptors (Lipinski definition) is 7. The van der Waals surface area contributed by atoms with Gasteiger partial charge in [-0.1, -0.05) is 13.0 Å². The van der Waals surface area contributed by atoms with Crippen LogP contribution in [-0.2, 0) is 9.59 Å². The van der Waals surface area contributed by atoms with E-state index in [9.17, 15) is 24.6 Å². The van der Waals surface area contributed by atoms with Crippen LogP contribution in [0, 0.1) is 5.92 Å². The van der Waals surface area contributed by atoms with Gasteiger partial charge in [-0.15, -0.1) is 0 Å². The number of ketones is 1. The summed E-state index contributed by atoms with van der Waals surface area (Å²) in [7, 11) is 0. The molecule has 2 atom stereocenters. The van der Waals surface area contributed by atoms with Crippen molar-refractivity contribution in [2.24, 2.45) is 5.92 Å². The number of thioether (sulfide) groups is 1. The van der Waals surface area contributed by atoms with Crippen LogP contribution >= 0.6 is 11.8 Å². The van der Waals surface area contributed by atoms with Gasteiger partial charge < -0.3 is 15.1 Å². The summed E-state index contributed by atoms with van der Waals surface area (Å²) in [5.74, 6) is -1.85. The SMILES string of the molecule is CC(CC(=O)c1ccc(O)c(O)c1)C(=O)N1CCCC1C(=O)Sc1ccccn1. The Balaban J connectivity index is 1.63. The molecule has 0 spiro atoms. The predicted octanol–water partition coefficient (Wildman–Crippen LogP) is 3.01. The van der Waals surface area contributed by atoms with Gasteiger partial charge in [0, 0.05) is 30.6 Å². The van der Waals surface area contributed by atoms with Gasteiger partial charge in [0.1, 0.15) is 11.1 Å². The minimum absolute atomic E-state index is 0.0478. The number of Topliss-reactive ketones (excluding diaryl/α,β-unsaturated/α-hetero) is 1. The van der Waals surface area contributed by atoms with E-state index in [1.54, 1.807) is 36.2 Å². The van der Waals surface area contributed by atoms with Crippen LogP contribution in [0.15, 0.2) is 47.6 Å². The van der Waals surface area contributed by atoms with Gasteiger partial charge in [-0.05, 0) is 54.9 Å².